The molecule has 5 aliphatic rings. The largest absolute Gasteiger partial charge is 0.508 e. The molecule has 7 rings (SSSR count). The van der Waals surface area contributed by atoms with Crippen LogP contribution >= 0.6 is 0 Å². The molecule has 352 valence electrons. The summed E-state index contributed by atoms with van der Waals surface area (Å²) in [4.78, 5) is 13.2. The van der Waals surface area contributed by atoms with Crippen LogP contribution in [0.3, 0.4) is 0 Å². The van der Waals surface area contributed by atoms with Crippen LogP contribution in [-0.2, 0) is 33.2 Å². The summed E-state index contributed by atoms with van der Waals surface area (Å²) < 4.78 is 52.5. The summed E-state index contributed by atoms with van der Waals surface area (Å²) in [6.07, 6.45) is -37.1. The second-order valence-corrected chi connectivity index (χ2v) is 15.9. The summed E-state index contributed by atoms with van der Waals surface area (Å²) in [5.74, 6) is -1.52. The summed E-state index contributed by atoms with van der Waals surface area (Å²) in [7, 11) is 0. The standard InChI is InChI=1S/C39H52O24/c1-12-24(46)27(49)30(52)36(55-12)63-35-34(62-38-32(54)29(51)33(22(11-42)60-38)61-37-31(53)28(50)25(47)20(9-40)58-37)26(48)21(10-41)59-39(35)56-15-6-16(44)23-17(45)8-18(57-19(23)7-15)13-2-4-14(43)5-3-13/h2-7,12,18,20-22,24-44,46-54H,8-11H2,1H3/t12-,18-,20+,21+,22+,24-,25+,26+,27+,28-,29+,30+,31+,32+,33+,34-,35+,36-,37+,38+,39+/m0/s1. The minimum absolute atomic E-state index is 0.0299. The van der Waals surface area contributed by atoms with E-state index in [9.17, 15) is 76.3 Å². The lowest BCUT2D eigenvalue weighted by molar-refractivity contribution is -0.392. The van der Waals surface area contributed by atoms with E-state index in [1.165, 1.54) is 37.3 Å². The fraction of sp³-hybridized carbons (Fsp3) is 0.667. The van der Waals surface area contributed by atoms with E-state index in [-0.39, 0.29) is 29.2 Å². The predicted octanol–water partition coefficient (Wildman–Crippen LogP) is -5.52. The molecule has 4 fully saturated rings. The Labute approximate surface area is 357 Å². The molecule has 24 heteroatoms. The second kappa shape index (κ2) is 19.6. The van der Waals surface area contributed by atoms with Crippen molar-refractivity contribution in [1.82, 2.24) is 0 Å². The maximum absolute atomic E-state index is 13.2. The fourth-order valence-corrected chi connectivity index (χ4v) is 8.03. The number of ketones is 1. The molecule has 21 atom stereocenters. The Morgan fingerprint density at radius 1 is 0.571 bits per heavy atom. The van der Waals surface area contributed by atoms with Gasteiger partial charge in [-0.1, -0.05) is 12.1 Å². The molecular formula is C39H52O24. The second-order valence-electron chi connectivity index (χ2n) is 15.9. The van der Waals surface area contributed by atoms with Gasteiger partial charge in [0.1, 0.15) is 120 Å². The molecule has 63 heavy (non-hydrogen) atoms. The van der Waals surface area contributed by atoms with Crippen LogP contribution in [0.25, 0.3) is 0 Å². The summed E-state index contributed by atoms with van der Waals surface area (Å²) in [5, 5.41) is 148. The maximum atomic E-state index is 13.2. The Morgan fingerprint density at radius 2 is 1.10 bits per heavy atom. The molecule has 0 saturated carbocycles. The van der Waals surface area contributed by atoms with Crippen LogP contribution in [-0.4, -0.2) is 220 Å². The van der Waals surface area contributed by atoms with Gasteiger partial charge in [-0.3, -0.25) is 4.79 Å². The van der Waals surface area contributed by atoms with Crippen LogP contribution in [0.1, 0.15) is 35.4 Å². The van der Waals surface area contributed by atoms with E-state index < -0.39 is 160 Å². The van der Waals surface area contributed by atoms with Crippen LogP contribution in [0.5, 0.6) is 23.0 Å². The molecule has 0 spiro atoms. The quantitative estimate of drug-likeness (QED) is 0.0944. The summed E-state index contributed by atoms with van der Waals surface area (Å²) >= 11 is 0. The van der Waals surface area contributed by atoms with Crippen molar-refractivity contribution in [2.75, 3.05) is 19.8 Å². The Balaban J connectivity index is 1.18. The monoisotopic (exact) mass is 904 g/mol. The van der Waals surface area contributed by atoms with Gasteiger partial charge in [0.15, 0.2) is 30.8 Å². The Hall–Kier alpha value is -3.45. The number of Topliss-reactive ketones (excluding diaryl/α,β-unsaturated/α-hetero) is 1. The van der Waals surface area contributed by atoms with Gasteiger partial charge in [0.2, 0.25) is 6.29 Å². The van der Waals surface area contributed by atoms with E-state index in [0.717, 1.165) is 6.07 Å². The number of aliphatic hydroxyl groups excluding tert-OH is 12. The first-order valence-electron chi connectivity index (χ1n) is 20.0. The van der Waals surface area contributed by atoms with Crippen molar-refractivity contribution >= 4 is 5.78 Å². The van der Waals surface area contributed by atoms with Gasteiger partial charge in [-0.15, -0.1) is 0 Å². The van der Waals surface area contributed by atoms with Gasteiger partial charge in [0.05, 0.1) is 32.3 Å². The number of hydrogen-bond donors (Lipinski definition) is 14. The number of aromatic hydroxyl groups is 2. The lowest BCUT2D eigenvalue weighted by atomic mass is 9.95. The summed E-state index contributed by atoms with van der Waals surface area (Å²) in [6, 6.07) is 8.11. The first kappa shape index (κ1) is 47.5. The third-order valence-corrected chi connectivity index (χ3v) is 11.6. The van der Waals surface area contributed by atoms with Gasteiger partial charge in [-0.25, -0.2) is 0 Å². The molecule has 0 bridgehead atoms. The highest BCUT2D eigenvalue weighted by Gasteiger charge is 2.56. The highest BCUT2D eigenvalue weighted by molar-refractivity contribution is 6.02. The highest BCUT2D eigenvalue weighted by Crippen LogP contribution is 2.43. The van der Waals surface area contributed by atoms with Crippen molar-refractivity contribution in [2.45, 2.75) is 142 Å². The van der Waals surface area contributed by atoms with Gasteiger partial charge in [-0.05, 0) is 24.6 Å². The normalized spacial score (nSPS) is 43.2. The first-order chi connectivity index (χ1) is 29.9. The zero-order valence-corrected chi connectivity index (χ0v) is 33.3. The third kappa shape index (κ3) is 9.48. The van der Waals surface area contributed by atoms with E-state index in [2.05, 4.69) is 0 Å². The smallest absolute Gasteiger partial charge is 0.229 e. The van der Waals surface area contributed by atoms with Crippen LogP contribution in [0, 0.1) is 0 Å². The minimum atomic E-state index is -2.15. The van der Waals surface area contributed by atoms with E-state index in [1.54, 1.807) is 0 Å². The number of benzene rings is 2. The molecular weight excluding hydrogens is 852 g/mol. The molecule has 0 aromatic heterocycles. The van der Waals surface area contributed by atoms with Gasteiger partial charge >= 0.3 is 0 Å². The molecule has 0 unspecified atom stereocenters. The molecule has 4 saturated heterocycles. The van der Waals surface area contributed by atoms with Crippen LogP contribution in [0.4, 0.5) is 0 Å². The molecule has 2 aromatic carbocycles. The Bertz CT molecular complexity index is 1850. The number of hydrogen-bond acceptors (Lipinski definition) is 24. The van der Waals surface area contributed by atoms with E-state index in [1.807, 2.05) is 0 Å². The van der Waals surface area contributed by atoms with Crippen molar-refractivity contribution < 1.29 is 119 Å². The van der Waals surface area contributed by atoms with Crippen LogP contribution in [0.2, 0.25) is 0 Å². The number of fused-ring (bicyclic) bond motifs is 1. The number of phenolic OH excluding ortho intramolecular Hbond substituents is 2. The molecule has 5 aliphatic heterocycles. The highest BCUT2D eigenvalue weighted by atomic mass is 16.8. The molecule has 24 nitrogen and oxygen atoms in total. The van der Waals surface area contributed by atoms with Gasteiger partial charge in [0, 0.05) is 12.1 Å². The number of phenols is 2. The number of rotatable bonds is 12. The number of carbonyl (C=O) groups is 1. The SMILES string of the molecule is C[C@@H]1O[C@@H](O[C@H]2[C@H](Oc3cc(O)c4c(c3)O[C@H](c3ccc(O)cc3)CC4=O)O[C@H](CO)[C@@H](O)[C@@H]2O[C@H]2O[C@H](CO)[C@@H](O[C@H]3O[C@H](CO)[C@@H](O)[C@H](O)[C@H]3O)[C@H](O)[C@H]2O)[C@H](O)[C@H](O)[C@H]1O. The van der Waals surface area contributed by atoms with Gasteiger partial charge < -0.3 is 114 Å². The van der Waals surface area contributed by atoms with Crippen molar-refractivity contribution in [3.63, 3.8) is 0 Å². The van der Waals surface area contributed by atoms with E-state index in [0.29, 0.717) is 5.56 Å². The van der Waals surface area contributed by atoms with E-state index >= 15 is 0 Å². The zero-order chi connectivity index (χ0) is 45.6. The lowest BCUT2D eigenvalue weighted by Gasteiger charge is -2.49. The van der Waals surface area contributed by atoms with Gasteiger partial charge in [-0.2, -0.15) is 0 Å². The van der Waals surface area contributed by atoms with Crippen molar-refractivity contribution in [2.24, 2.45) is 0 Å². The maximum Gasteiger partial charge on any atom is 0.229 e. The average Bonchev–Trinajstić information content (AvgIpc) is 3.26. The Kier molecular flexibility index (Phi) is 14.8. The van der Waals surface area contributed by atoms with E-state index in [4.69, 9.17) is 42.6 Å². The topological polar surface area (TPSA) is 383 Å². The number of aliphatic hydroxyl groups is 12. The summed E-state index contributed by atoms with van der Waals surface area (Å²) in [5.41, 5.74) is 0.329. The average molecular weight is 905 g/mol. The molecule has 2 aromatic rings. The number of carbonyl (C=O) groups excluding carboxylic acids is 1. The van der Waals surface area contributed by atoms with Crippen molar-refractivity contribution in [1.29, 1.82) is 0 Å². The van der Waals surface area contributed by atoms with Gasteiger partial charge in [0.25, 0.3) is 0 Å². The van der Waals surface area contributed by atoms with Crippen LogP contribution in [0.15, 0.2) is 36.4 Å². The summed E-state index contributed by atoms with van der Waals surface area (Å²) in [6.45, 7) is -1.37. The zero-order valence-electron chi connectivity index (χ0n) is 33.3. The molecule has 0 amide bonds. The third-order valence-electron chi connectivity index (χ3n) is 11.6. The Morgan fingerprint density at radius 3 is 1.73 bits per heavy atom. The molecule has 0 aliphatic carbocycles. The lowest BCUT2D eigenvalue weighted by Crippen LogP contribution is -2.68. The molecule has 0 radical (unpaired) electrons. The van der Waals surface area contributed by atoms with Crippen molar-refractivity contribution in [3.8, 4) is 23.0 Å². The van der Waals surface area contributed by atoms with Crippen molar-refractivity contribution in [3.05, 3.63) is 47.5 Å². The number of ether oxygens (including phenoxy) is 9. The fourth-order valence-electron chi connectivity index (χ4n) is 8.03. The first-order valence-corrected chi connectivity index (χ1v) is 20.0. The predicted molar refractivity (Wildman–Crippen MR) is 199 cm³/mol. The molecule has 5 heterocycles. The minimum Gasteiger partial charge on any atom is -0.508 e. The van der Waals surface area contributed by atoms with Crippen LogP contribution < -0.4 is 9.47 Å². The molecule has 14 N–H and O–H groups in total.